The minimum absolute atomic E-state index is 0.0967. The van der Waals surface area contributed by atoms with Crippen LogP contribution in [0.25, 0.3) is 11.3 Å². The second-order valence-electron chi connectivity index (χ2n) is 6.79. The summed E-state index contributed by atoms with van der Waals surface area (Å²) in [7, 11) is 1.61. The van der Waals surface area contributed by atoms with E-state index in [1.54, 1.807) is 25.0 Å². The Morgan fingerprint density at radius 1 is 1.41 bits per heavy atom. The Morgan fingerprint density at radius 3 is 2.93 bits per heavy atom. The largest absolute Gasteiger partial charge is 0.485 e. The minimum atomic E-state index is -0.387. The molecule has 2 atom stereocenters. The number of aromatic nitrogens is 2. The summed E-state index contributed by atoms with van der Waals surface area (Å²) in [4.78, 5) is 22.2. The summed E-state index contributed by atoms with van der Waals surface area (Å²) >= 11 is 0. The van der Waals surface area contributed by atoms with Gasteiger partial charge in [0.05, 0.1) is 12.1 Å². The molecule has 1 amide bonds. The maximum absolute atomic E-state index is 13.8. The van der Waals surface area contributed by atoms with Crippen molar-refractivity contribution in [3.63, 3.8) is 0 Å². The van der Waals surface area contributed by atoms with Crippen molar-refractivity contribution in [2.75, 3.05) is 26.0 Å². The van der Waals surface area contributed by atoms with Crippen LogP contribution in [0.2, 0.25) is 0 Å². The van der Waals surface area contributed by atoms with Gasteiger partial charge in [-0.3, -0.25) is 4.79 Å². The third kappa shape index (κ3) is 4.46. The normalized spacial score (nSPS) is 18.3. The highest BCUT2D eigenvalue weighted by atomic mass is 19.1. The fourth-order valence-electron chi connectivity index (χ4n) is 3.38. The van der Waals surface area contributed by atoms with Crippen molar-refractivity contribution in [2.24, 2.45) is 0 Å². The molecule has 0 spiro atoms. The van der Waals surface area contributed by atoms with Gasteiger partial charge in [0.25, 0.3) is 5.91 Å². The number of hydrogen-bond acceptors (Lipinski definition) is 6. The highest BCUT2D eigenvalue weighted by Crippen LogP contribution is 2.34. The summed E-state index contributed by atoms with van der Waals surface area (Å²) in [5.41, 5.74) is 7.83. The molecule has 2 aromatic rings. The molecule has 3 rings (SSSR count). The Morgan fingerprint density at radius 2 is 2.21 bits per heavy atom. The van der Waals surface area contributed by atoms with E-state index in [1.165, 1.54) is 18.5 Å². The fourth-order valence-corrected chi connectivity index (χ4v) is 3.38. The first-order valence-corrected chi connectivity index (χ1v) is 9.20. The zero-order valence-corrected chi connectivity index (χ0v) is 16.6. The highest BCUT2D eigenvalue weighted by Gasteiger charge is 2.35. The molecule has 0 saturated carbocycles. The van der Waals surface area contributed by atoms with Crippen molar-refractivity contribution < 1.29 is 18.7 Å². The van der Waals surface area contributed by atoms with E-state index in [4.69, 9.17) is 15.2 Å². The maximum atomic E-state index is 13.8. The molecule has 152 valence electrons. The molecule has 0 aliphatic carbocycles. The van der Waals surface area contributed by atoms with Crippen LogP contribution in [-0.4, -0.2) is 53.2 Å². The van der Waals surface area contributed by atoms with Crippen molar-refractivity contribution >= 4 is 11.7 Å². The minimum Gasteiger partial charge on any atom is -0.485 e. The van der Waals surface area contributed by atoms with Crippen molar-refractivity contribution in [2.45, 2.75) is 32.4 Å². The monoisotopic (exact) mass is 398 g/mol. The number of methoxy groups -OCH3 is 1. The number of carbonyl (C=O) groups is 1. The number of rotatable bonds is 5. The number of aryl methyl sites for hydroxylation is 1. The van der Waals surface area contributed by atoms with E-state index in [-0.39, 0.29) is 42.0 Å². The van der Waals surface area contributed by atoms with Crippen LogP contribution in [-0.2, 0) is 9.53 Å². The van der Waals surface area contributed by atoms with Gasteiger partial charge in [0.2, 0.25) is 0 Å². The second-order valence-corrected chi connectivity index (χ2v) is 6.79. The lowest BCUT2D eigenvalue weighted by atomic mass is 10.0. The number of carbonyl (C=O) groups excluding carboxylic acids is 1. The van der Waals surface area contributed by atoms with E-state index >= 15 is 0 Å². The molecule has 1 aromatic heterocycles. The average molecular weight is 398 g/mol. The van der Waals surface area contributed by atoms with Crippen molar-refractivity contribution in [1.29, 1.82) is 0 Å². The van der Waals surface area contributed by atoms with Gasteiger partial charge in [0.15, 0.2) is 11.6 Å². The van der Waals surface area contributed by atoms with E-state index in [0.29, 0.717) is 24.2 Å². The molecular formula is C21H23FN4O3. The zero-order chi connectivity index (χ0) is 21.0. The molecule has 29 heavy (non-hydrogen) atoms. The Balaban J connectivity index is 1.87. The number of nitrogen functional groups attached to an aromatic ring is 1. The van der Waals surface area contributed by atoms with Gasteiger partial charge in [0, 0.05) is 19.2 Å². The first-order valence-electron chi connectivity index (χ1n) is 9.20. The van der Waals surface area contributed by atoms with Gasteiger partial charge >= 0.3 is 0 Å². The molecule has 8 heteroatoms. The molecular weight excluding hydrogens is 375 g/mol. The Kier molecular flexibility index (Phi) is 6.29. The number of nitrogens with zero attached hydrogens (tertiary/aromatic N) is 3. The van der Waals surface area contributed by atoms with Crippen molar-refractivity contribution in [3.05, 3.63) is 35.9 Å². The van der Waals surface area contributed by atoms with Crippen LogP contribution >= 0.6 is 0 Å². The standard InChI is InChI=1S/C21H23FN4O3/c1-4-5-18(27)26-10-16(28-3)9-15(26)11-29-20-19(24-12-25-21(20)23)17-8-14(22)7-6-13(17)2/h6-8,12,15-16H,9-11H2,1-3H3,(H2,23,24,25)/t15-,16-/m0/s1. The topological polar surface area (TPSA) is 90.6 Å². The van der Waals surface area contributed by atoms with E-state index in [2.05, 4.69) is 21.8 Å². The number of ether oxygens (including phenoxy) is 2. The molecule has 1 aliphatic heterocycles. The molecule has 1 aliphatic rings. The summed E-state index contributed by atoms with van der Waals surface area (Å²) in [6.45, 7) is 4.06. The van der Waals surface area contributed by atoms with Gasteiger partial charge in [-0.05, 0) is 43.9 Å². The molecule has 0 radical (unpaired) electrons. The van der Waals surface area contributed by atoms with Gasteiger partial charge in [-0.25, -0.2) is 14.4 Å². The van der Waals surface area contributed by atoms with Crippen molar-refractivity contribution in [1.82, 2.24) is 14.9 Å². The lowest BCUT2D eigenvalue weighted by molar-refractivity contribution is -0.126. The lowest BCUT2D eigenvalue weighted by Crippen LogP contribution is -2.38. The first kappa shape index (κ1) is 20.6. The molecule has 7 nitrogen and oxygen atoms in total. The van der Waals surface area contributed by atoms with Crippen LogP contribution in [0.15, 0.2) is 24.5 Å². The molecule has 2 heterocycles. The van der Waals surface area contributed by atoms with Crippen LogP contribution in [0.1, 0.15) is 18.9 Å². The quantitative estimate of drug-likeness (QED) is 0.777. The highest BCUT2D eigenvalue weighted by molar-refractivity contribution is 5.94. The summed E-state index contributed by atoms with van der Waals surface area (Å²) in [6, 6.07) is 4.18. The van der Waals surface area contributed by atoms with E-state index in [0.717, 1.165) is 5.56 Å². The van der Waals surface area contributed by atoms with Crippen LogP contribution in [0, 0.1) is 24.6 Å². The number of halogens is 1. The average Bonchev–Trinajstić information content (AvgIpc) is 3.12. The second kappa shape index (κ2) is 8.88. The Hall–Kier alpha value is -3.18. The third-order valence-corrected chi connectivity index (χ3v) is 4.91. The molecule has 0 unspecified atom stereocenters. The van der Waals surface area contributed by atoms with Gasteiger partial charge in [-0.15, -0.1) is 0 Å². The number of amides is 1. The number of likely N-dealkylation sites (tertiary alicyclic amines) is 1. The van der Waals surface area contributed by atoms with E-state index < -0.39 is 0 Å². The summed E-state index contributed by atoms with van der Waals surface area (Å²) in [5.74, 6) is 4.92. The van der Waals surface area contributed by atoms with Crippen LogP contribution in [0.5, 0.6) is 5.75 Å². The van der Waals surface area contributed by atoms with Crippen molar-refractivity contribution in [3.8, 4) is 28.8 Å². The number of hydrogen-bond donors (Lipinski definition) is 1. The number of nitrogens with two attached hydrogens (primary N) is 1. The Bertz CT molecular complexity index is 970. The SMILES string of the molecule is CC#CC(=O)N1C[C@@H](OC)C[C@H]1COc1c(N)ncnc1-c1cc(F)ccc1C. The van der Waals surface area contributed by atoms with Gasteiger partial charge in [0.1, 0.15) is 24.4 Å². The number of benzene rings is 1. The lowest BCUT2D eigenvalue weighted by Gasteiger charge is -2.23. The number of anilines is 1. The smallest absolute Gasteiger partial charge is 0.298 e. The third-order valence-electron chi connectivity index (χ3n) is 4.91. The van der Waals surface area contributed by atoms with E-state index in [9.17, 15) is 9.18 Å². The summed E-state index contributed by atoms with van der Waals surface area (Å²) < 4.78 is 25.2. The van der Waals surface area contributed by atoms with Gasteiger partial charge in [-0.1, -0.05) is 12.0 Å². The Labute approximate surface area is 169 Å². The van der Waals surface area contributed by atoms with Crippen LogP contribution in [0.3, 0.4) is 0 Å². The van der Waals surface area contributed by atoms with Gasteiger partial charge in [-0.2, -0.15) is 0 Å². The van der Waals surface area contributed by atoms with Crippen LogP contribution < -0.4 is 10.5 Å². The molecule has 1 aromatic carbocycles. The van der Waals surface area contributed by atoms with Gasteiger partial charge < -0.3 is 20.1 Å². The molecule has 1 saturated heterocycles. The van der Waals surface area contributed by atoms with E-state index in [1.807, 2.05) is 6.92 Å². The summed E-state index contributed by atoms with van der Waals surface area (Å²) in [5, 5.41) is 0. The predicted molar refractivity (Wildman–Crippen MR) is 106 cm³/mol. The summed E-state index contributed by atoms with van der Waals surface area (Å²) in [6.07, 6.45) is 1.82. The fraction of sp³-hybridized carbons (Fsp3) is 0.381. The molecule has 0 bridgehead atoms. The molecule has 2 N–H and O–H groups in total. The maximum Gasteiger partial charge on any atom is 0.298 e. The molecule has 1 fully saturated rings. The van der Waals surface area contributed by atoms with Crippen LogP contribution in [0.4, 0.5) is 10.2 Å². The predicted octanol–water partition coefficient (Wildman–Crippen LogP) is 2.19. The zero-order valence-electron chi connectivity index (χ0n) is 16.6. The first-order chi connectivity index (χ1) is 13.9.